The molecule has 0 spiro atoms. The summed E-state index contributed by atoms with van der Waals surface area (Å²) in [5, 5.41) is 3.84. The third-order valence-electron chi connectivity index (χ3n) is 3.20. The van der Waals surface area contributed by atoms with Crippen molar-refractivity contribution < 1.29 is 0 Å². The van der Waals surface area contributed by atoms with Gasteiger partial charge in [0.1, 0.15) is 0 Å². The monoisotopic (exact) mass is 151 g/mol. The van der Waals surface area contributed by atoms with Crippen LogP contribution < -0.4 is 0 Å². The Labute approximate surface area is 66.4 Å². The van der Waals surface area contributed by atoms with E-state index >= 15 is 0 Å². The molecule has 3 atom stereocenters. The molecule has 0 aromatic heterocycles. The molecule has 0 aliphatic heterocycles. The summed E-state index contributed by atoms with van der Waals surface area (Å²) in [4.78, 5) is 2.90. The quantitative estimate of drug-likeness (QED) is 0.314. The van der Waals surface area contributed by atoms with Crippen LogP contribution in [0.15, 0.2) is 5.11 Å². The van der Waals surface area contributed by atoms with E-state index < -0.39 is 0 Å². The number of hydrogen-bond donors (Lipinski definition) is 0. The van der Waals surface area contributed by atoms with Gasteiger partial charge in [0.15, 0.2) is 0 Å². The van der Waals surface area contributed by atoms with Gasteiger partial charge in [-0.1, -0.05) is 18.0 Å². The lowest BCUT2D eigenvalue weighted by Gasteiger charge is -2.24. The maximum absolute atomic E-state index is 8.30. The second kappa shape index (κ2) is 2.74. The molecular formula is C8H13N3. The maximum Gasteiger partial charge on any atom is 0.0402 e. The SMILES string of the molecule is [N-]=[N+]=NC1CCC2CCC1C2. The minimum Gasteiger partial charge on any atom is -0.0903 e. The third-order valence-corrected chi connectivity index (χ3v) is 3.20. The average molecular weight is 151 g/mol. The van der Waals surface area contributed by atoms with Crippen LogP contribution >= 0.6 is 0 Å². The molecule has 2 rings (SSSR count). The van der Waals surface area contributed by atoms with Crippen LogP contribution in [0.4, 0.5) is 0 Å². The van der Waals surface area contributed by atoms with Gasteiger partial charge in [-0.25, -0.2) is 0 Å². The van der Waals surface area contributed by atoms with Gasteiger partial charge in [0.05, 0.1) is 0 Å². The summed E-state index contributed by atoms with van der Waals surface area (Å²) in [7, 11) is 0. The fraction of sp³-hybridized carbons (Fsp3) is 1.00. The molecule has 0 amide bonds. The zero-order chi connectivity index (χ0) is 7.68. The minimum atomic E-state index is 0.332. The molecule has 3 unspecified atom stereocenters. The van der Waals surface area contributed by atoms with E-state index in [1.54, 1.807) is 0 Å². The van der Waals surface area contributed by atoms with E-state index in [4.69, 9.17) is 5.53 Å². The van der Waals surface area contributed by atoms with Crippen molar-refractivity contribution in [1.29, 1.82) is 0 Å². The highest BCUT2D eigenvalue weighted by Crippen LogP contribution is 2.43. The average Bonchev–Trinajstić information content (AvgIpc) is 2.40. The normalized spacial score (nSPS) is 41.6. The predicted molar refractivity (Wildman–Crippen MR) is 43.0 cm³/mol. The lowest BCUT2D eigenvalue weighted by atomic mass is 9.85. The molecule has 0 heterocycles. The lowest BCUT2D eigenvalue weighted by Crippen LogP contribution is -2.20. The first kappa shape index (κ1) is 6.99. The van der Waals surface area contributed by atoms with Crippen LogP contribution in [0, 0.1) is 11.8 Å². The van der Waals surface area contributed by atoms with Crippen molar-refractivity contribution in [3.63, 3.8) is 0 Å². The Bertz CT molecular complexity index is 196. The highest BCUT2D eigenvalue weighted by atomic mass is 15.2. The van der Waals surface area contributed by atoms with Gasteiger partial charge in [0.2, 0.25) is 0 Å². The van der Waals surface area contributed by atoms with Gasteiger partial charge in [0, 0.05) is 11.0 Å². The van der Waals surface area contributed by atoms with Crippen LogP contribution in [-0.2, 0) is 0 Å². The number of nitrogens with zero attached hydrogens (tertiary/aromatic N) is 3. The number of hydrogen-bond acceptors (Lipinski definition) is 1. The van der Waals surface area contributed by atoms with Crippen molar-refractivity contribution in [1.82, 2.24) is 0 Å². The third kappa shape index (κ3) is 1.21. The van der Waals surface area contributed by atoms with Crippen molar-refractivity contribution >= 4 is 0 Å². The molecule has 60 valence electrons. The highest BCUT2D eigenvalue weighted by Gasteiger charge is 2.34. The van der Waals surface area contributed by atoms with Crippen LogP contribution in [0.3, 0.4) is 0 Å². The molecule has 3 heteroatoms. The fourth-order valence-corrected chi connectivity index (χ4v) is 2.59. The van der Waals surface area contributed by atoms with Crippen molar-refractivity contribution in [3.05, 3.63) is 10.4 Å². The number of rotatable bonds is 1. The summed E-state index contributed by atoms with van der Waals surface area (Å²) < 4.78 is 0. The van der Waals surface area contributed by atoms with Crippen LogP contribution in [0.1, 0.15) is 32.1 Å². The number of fused-ring (bicyclic) bond motifs is 2. The Kier molecular flexibility index (Phi) is 1.74. The molecule has 2 bridgehead atoms. The summed E-state index contributed by atoms with van der Waals surface area (Å²) >= 11 is 0. The summed E-state index contributed by atoms with van der Waals surface area (Å²) in [6.45, 7) is 0. The van der Waals surface area contributed by atoms with E-state index in [2.05, 4.69) is 10.0 Å². The molecular weight excluding hydrogens is 138 g/mol. The Morgan fingerprint density at radius 3 is 2.82 bits per heavy atom. The summed E-state index contributed by atoms with van der Waals surface area (Å²) in [6, 6.07) is 0.332. The zero-order valence-corrected chi connectivity index (χ0v) is 6.61. The molecule has 2 aliphatic carbocycles. The van der Waals surface area contributed by atoms with Crippen LogP contribution in [0.2, 0.25) is 0 Å². The van der Waals surface area contributed by atoms with Crippen LogP contribution in [0.5, 0.6) is 0 Å². The van der Waals surface area contributed by atoms with Gasteiger partial charge >= 0.3 is 0 Å². The maximum atomic E-state index is 8.30. The molecule has 11 heavy (non-hydrogen) atoms. The second-order valence-corrected chi connectivity index (χ2v) is 3.79. The van der Waals surface area contributed by atoms with Crippen LogP contribution in [-0.4, -0.2) is 6.04 Å². The lowest BCUT2D eigenvalue weighted by molar-refractivity contribution is 0.313. The first-order valence-electron chi connectivity index (χ1n) is 4.44. The molecule has 2 saturated carbocycles. The Morgan fingerprint density at radius 2 is 2.00 bits per heavy atom. The van der Waals surface area contributed by atoms with E-state index in [1.807, 2.05) is 0 Å². The molecule has 0 N–H and O–H groups in total. The van der Waals surface area contributed by atoms with Crippen molar-refractivity contribution in [2.24, 2.45) is 17.0 Å². The van der Waals surface area contributed by atoms with Gasteiger partial charge in [-0.15, -0.1) is 0 Å². The Balaban J connectivity index is 2.06. The molecule has 0 saturated heterocycles. The van der Waals surface area contributed by atoms with Crippen molar-refractivity contribution in [3.8, 4) is 0 Å². The first-order chi connectivity index (χ1) is 5.40. The topological polar surface area (TPSA) is 48.8 Å². The van der Waals surface area contributed by atoms with E-state index in [-0.39, 0.29) is 0 Å². The molecule has 3 nitrogen and oxygen atoms in total. The van der Waals surface area contributed by atoms with Gasteiger partial charge in [-0.3, -0.25) is 0 Å². The van der Waals surface area contributed by atoms with E-state index in [9.17, 15) is 0 Å². The molecule has 0 aromatic carbocycles. The summed E-state index contributed by atoms with van der Waals surface area (Å²) in [5.41, 5.74) is 8.30. The van der Waals surface area contributed by atoms with Crippen molar-refractivity contribution in [2.45, 2.75) is 38.1 Å². The standard InChI is InChI=1S/C8H13N3/c9-11-10-8-4-2-6-1-3-7(8)5-6/h6-8H,1-5H2. The van der Waals surface area contributed by atoms with Gasteiger partial charge in [0.25, 0.3) is 0 Å². The minimum absolute atomic E-state index is 0.332. The van der Waals surface area contributed by atoms with E-state index in [0.717, 1.165) is 18.3 Å². The molecule has 2 fully saturated rings. The molecule has 2 aliphatic rings. The second-order valence-electron chi connectivity index (χ2n) is 3.79. The molecule has 0 radical (unpaired) electrons. The zero-order valence-electron chi connectivity index (χ0n) is 6.61. The largest absolute Gasteiger partial charge is 0.0903 e. The van der Waals surface area contributed by atoms with E-state index in [1.165, 1.54) is 25.7 Å². The molecule has 0 aromatic rings. The highest BCUT2D eigenvalue weighted by molar-refractivity contribution is 4.90. The Morgan fingerprint density at radius 1 is 1.18 bits per heavy atom. The van der Waals surface area contributed by atoms with Crippen LogP contribution in [0.25, 0.3) is 10.4 Å². The van der Waals surface area contributed by atoms with Gasteiger partial charge in [-0.05, 0) is 36.6 Å². The van der Waals surface area contributed by atoms with E-state index in [0.29, 0.717) is 6.04 Å². The van der Waals surface area contributed by atoms with Gasteiger partial charge in [-0.2, -0.15) is 0 Å². The number of azide groups is 1. The summed E-state index contributed by atoms with van der Waals surface area (Å²) in [6.07, 6.45) is 6.43. The fourth-order valence-electron chi connectivity index (χ4n) is 2.59. The summed E-state index contributed by atoms with van der Waals surface area (Å²) in [5.74, 6) is 1.69. The predicted octanol–water partition coefficient (Wildman–Crippen LogP) is 2.88. The Hall–Kier alpha value is -0.690. The van der Waals surface area contributed by atoms with Gasteiger partial charge < -0.3 is 0 Å². The first-order valence-corrected chi connectivity index (χ1v) is 4.44. The smallest absolute Gasteiger partial charge is 0.0402 e. The van der Waals surface area contributed by atoms with Crippen molar-refractivity contribution in [2.75, 3.05) is 0 Å².